The highest BCUT2D eigenvalue weighted by Gasteiger charge is 2.22. The Kier molecular flexibility index (Phi) is 8.58. The van der Waals surface area contributed by atoms with Crippen LogP contribution in [0.4, 0.5) is 0 Å². The fourth-order valence-electron chi connectivity index (χ4n) is 1.84. The molecular weight excluding hydrogens is 367 g/mol. The van der Waals surface area contributed by atoms with Crippen molar-refractivity contribution in [2.45, 2.75) is 25.7 Å². The van der Waals surface area contributed by atoms with Crippen molar-refractivity contribution in [3.63, 3.8) is 0 Å². The van der Waals surface area contributed by atoms with E-state index in [1.807, 2.05) is 21.1 Å². The lowest BCUT2D eigenvalue weighted by Gasteiger charge is -2.24. The highest BCUT2D eigenvalue weighted by molar-refractivity contribution is 7.47. The van der Waals surface area contributed by atoms with Gasteiger partial charge >= 0.3 is 13.8 Å². The molecule has 26 heavy (non-hydrogen) atoms. The van der Waals surface area contributed by atoms with E-state index in [4.69, 9.17) is 13.9 Å². The molecule has 1 aromatic heterocycles. The van der Waals surface area contributed by atoms with Crippen molar-refractivity contribution in [1.82, 2.24) is 4.73 Å². The number of phosphoric ester groups is 1. The van der Waals surface area contributed by atoms with Crippen LogP contribution in [0, 0.1) is 0 Å². The van der Waals surface area contributed by atoms with Gasteiger partial charge in [0.15, 0.2) is 0 Å². The van der Waals surface area contributed by atoms with Gasteiger partial charge in [-0.15, -0.1) is 4.73 Å². The summed E-state index contributed by atoms with van der Waals surface area (Å²) < 4.78 is 22.6. The fraction of sp³-hybridized carbons (Fsp3) is 0.667. The molecule has 1 rings (SSSR count). The SMILES string of the molecule is C[N+](C)(C)CCOP(=O)(O)OCCCCCC(=O)On1c(O)ccc1O. The second kappa shape index (κ2) is 9.94. The molecule has 0 fully saturated rings. The molecule has 0 spiro atoms. The number of hydrogen-bond acceptors (Lipinski definition) is 7. The summed E-state index contributed by atoms with van der Waals surface area (Å²) in [5.74, 6) is -1.38. The van der Waals surface area contributed by atoms with E-state index in [9.17, 15) is 24.5 Å². The summed E-state index contributed by atoms with van der Waals surface area (Å²) in [6.07, 6.45) is 1.56. The van der Waals surface area contributed by atoms with Crippen LogP contribution in [0.1, 0.15) is 25.7 Å². The van der Waals surface area contributed by atoms with Crippen LogP contribution < -0.4 is 4.84 Å². The zero-order valence-corrected chi connectivity index (χ0v) is 16.2. The molecule has 1 unspecified atom stereocenters. The molecule has 11 heteroatoms. The zero-order chi connectivity index (χ0) is 19.8. The van der Waals surface area contributed by atoms with Crippen LogP contribution in [0.25, 0.3) is 0 Å². The molecule has 150 valence electrons. The molecular formula is C15H28N2O8P+. The Bertz CT molecular complexity index is 606. The minimum absolute atomic E-state index is 0.0341. The molecule has 1 atom stereocenters. The summed E-state index contributed by atoms with van der Waals surface area (Å²) >= 11 is 0. The number of aromatic hydroxyl groups is 2. The van der Waals surface area contributed by atoms with E-state index in [1.165, 1.54) is 12.1 Å². The molecule has 0 radical (unpaired) electrons. The Hall–Kier alpha value is -1.58. The monoisotopic (exact) mass is 395 g/mol. The van der Waals surface area contributed by atoms with E-state index >= 15 is 0 Å². The van der Waals surface area contributed by atoms with Crippen molar-refractivity contribution >= 4 is 13.8 Å². The Morgan fingerprint density at radius 2 is 1.65 bits per heavy atom. The molecule has 3 N–H and O–H groups in total. The summed E-state index contributed by atoms with van der Waals surface area (Å²) in [4.78, 5) is 25.9. The summed E-state index contributed by atoms with van der Waals surface area (Å²) in [5.41, 5.74) is 0. The highest BCUT2D eigenvalue weighted by atomic mass is 31.2. The molecule has 0 aromatic carbocycles. The first-order chi connectivity index (χ1) is 12.0. The Balaban J connectivity index is 2.13. The van der Waals surface area contributed by atoms with Crippen molar-refractivity contribution in [1.29, 1.82) is 0 Å². The number of phosphoric acid groups is 1. The largest absolute Gasteiger partial charge is 0.492 e. The zero-order valence-electron chi connectivity index (χ0n) is 15.3. The van der Waals surface area contributed by atoms with Gasteiger partial charge in [0.1, 0.15) is 13.2 Å². The van der Waals surface area contributed by atoms with Crippen molar-refractivity contribution in [2.75, 3.05) is 40.9 Å². The second-order valence-corrected chi connectivity index (χ2v) is 8.22. The van der Waals surface area contributed by atoms with Crippen molar-refractivity contribution in [3.05, 3.63) is 12.1 Å². The Morgan fingerprint density at radius 1 is 1.08 bits per heavy atom. The standard InChI is InChI=1S/C15H27N2O8P/c1-17(2,3)10-12-24-26(21,22)23-11-6-4-5-7-15(20)25-16-13(18)8-9-14(16)19/h8-9H,4-7,10-12H2,1-3H3,(H2-,18,19,21,22)/p+1. The van der Waals surface area contributed by atoms with Gasteiger partial charge in [-0.25, -0.2) is 9.36 Å². The van der Waals surface area contributed by atoms with Crippen LogP contribution in [-0.4, -0.2) is 71.2 Å². The first-order valence-corrected chi connectivity index (χ1v) is 9.73. The van der Waals surface area contributed by atoms with E-state index in [2.05, 4.69) is 0 Å². The smallest absolute Gasteiger partial charge is 0.472 e. The van der Waals surface area contributed by atoms with E-state index in [-0.39, 0.29) is 31.4 Å². The van der Waals surface area contributed by atoms with Crippen molar-refractivity contribution in [2.24, 2.45) is 0 Å². The van der Waals surface area contributed by atoms with E-state index < -0.39 is 13.8 Å². The predicted octanol–water partition coefficient (Wildman–Crippen LogP) is 1.25. The molecule has 1 heterocycles. The first kappa shape index (κ1) is 22.5. The number of unbranched alkanes of at least 4 members (excludes halogenated alkanes) is 2. The average Bonchev–Trinajstić information content (AvgIpc) is 2.81. The van der Waals surface area contributed by atoms with Crippen LogP contribution in [0.2, 0.25) is 0 Å². The molecule has 0 aliphatic carbocycles. The van der Waals surface area contributed by atoms with Crippen LogP contribution in [-0.2, 0) is 18.4 Å². The molecule has 0 amide bonds. The molecule has 0 saturated carbocycles. The summed E-state index contributed by atoms with van der Waals surface area (Å²) in [6.45, 7) is 0.719. The van der Waals surface area contributed by atoms with E-state index in [1.54, 1.807) is 0 Å². The molecule has 0 saturated heterocycles. The minimum atomic E-state index is -4.06. The number of aromatic nitrogens is 1. The molecule has 0 aliphatic heterocycles. The minimum Gasteiger partial charge on any atom is -0.492 e. The lowest BCUT2D eigenvalue weighted by Crippen LogP contribution is -2.37. The van der Waals surface area contributed by atoms with E-state index in [0.717, 1.165) is 0 Å². The van der Waals surface area contributed by atoms with Crippen LogP contribution in [0.5, 0.6) is 11.8 Å². The molecule has 0 aliphatic rings. The second-order valence-electron chi connectivity index (χ2n) is 6.77. The Labute approximate surface area is 152 Å². The first-order valence-electron chi connectivity index (χ1n) is 8.23. The van der Waals surface area contributed by atoms with Crippen LogP contribution >= 0.6 is 7.82 Å². The highest BCUT2D eigenvalue weighted by Crippen LogP contribution is 2.43. The van der Waals surface area contributed by atoms with Crippen LogP contribution in [0.3, 0.4) is 0 Å². The third-order valence-electron chi connectivity index (χ3n) is 3.29. The summed E-state index contributed by atoms with van der Waals surface area (Å²) in [7, 11) is 1.77. The number of likely N-dealkylation sites (N-methyl/N-ethyl adjacent to an activating group) is 1. The van der Waals surface area contributed by atoms with Crippen molar-refractivity contribution < 1.29 is 42.8 Å². The van der Waals surface area contributed by atoms with Gasteiger partial charge in [0, 0.05) is 18.6 Å². The topological polar surface area (TPSA) is 127 Å². The van der Waals surface area contributed by atoms with Crippen molar-refractivity contribution in [3.8, 4) is 11.8 Å². The van der Waals surface area contributed by atoms with Gasteiger partial charge in [0.05, 0.1) is 27.7 Å². The maximum absolute atomic E-state index is 11.7. The number of hydrogen-bond donors (Lipinski definition) is 3. The Morgan fingerprint density at radius 3 is 2.23 bits per heavy atom. The van der Waals surface area contributed by atoms with Crippen LogP contribution in [0.15, 0.2) is 12.1 Å². The summed E-state index contributed by atoms with van der Waals surface area (Å²) in [5, 5.41) is 18.7. The van der Waals surface area contributed by atoms with Gasteiger partial charge in [0.25, 0.3) is 0 Å². The average molecular weight is 395 g/mol. The third-order valence-corrected chi connectivity index (χ3v) is 4.30. The summed E-state index contributed by atoms with van der Waals surface area (Å²) in [6, 6.07) is 2.38. The number of nitrogens with zero attached hydrogens (tertiary/aromatic N) is 2. The van der Waals surface area contributed by atoms with Gasteiger partial charge < -0.3 is 24.4 Å². The molecule has 1 aromatic rings. The number of carbonyl (C=O) groups is 1. The fourth-order valence-corrected chi connectivity index (χ4v) is 2.58. The van der Waals surface area contributed by atoms with Gasteiger partial charge in [-0.1, -0.05) is 6.42 Å². The van der Waals surface area contributed by atoms with Gasteiger partial charge in [-0.2, -0.15) is 0 Å². The van der Waals surface area contributed by atoms with Gasteiger partial charge in [0.2, 0.25) is 11.8 Å². The normalized spacial score (nSPS) is 14.2. The third kappa shape index (κ3) is 9.21. The number of rotatable bonds is 12. The predicted molar refractivity (Wildman–Crippen MR) is 92.4 cm³/mol. The number of carbonyl (C=O) groups excluding carboxylic acids is 1. The quantitative estimate of drug-likeness (QED) is 0.274. The van der Waals surface area contributed by atoms with E-state index in [0.29, 0.717) is 35.0 Å². The van der Waals surface area contributed by atoms with Gasteiger partial charge in [-0.05, 0) is 12.8 Å². The molecule has 10 nitrogen and oxygen atoms in total. The number of quaternary nitrogens is 1. The maximum atomic E-state index is 11.7. The lowest BCUT2D eigenvalue weighted by molar-refractivity contribution is -0.870. The maximum Gasteiger partial charge on any atom is 0.472 e. The molecule has 0 bridgehead atoms. The lowest BCUT2D eigenvalue weighted by atomic mass is 10.2. The van der Waals surface area contributed by atoms with Gasteiger partial charge in [-0.3, -0.25) is 9.05 Å².